The molecule has 2 aromatic carbocycles. The van der Waals surface area contributed by atoms with E-state index >= 15 is 0 Å². The summed E-state index contributed by atoms with van der Waals surface area (Å²) in [7, 11) is 0. The Kier molecular flexibility index (Phi) is 3.80. The molecular weight excluding hydrogens is 274 g/mol. The summed E-state index contributed by atoms with van der Waals surface area (Å²) in [6.45, 7) is 4.75. The van der Waals surface area contributed by atoms with Crippen LogP contribution in [0.25, 0.3) is 11.0 Å². The van der Waals surface area contributed by atoms with Gasteiger partial charge in [0.25, 0.3) is 0 Å². The Hall–Kier alpha value is -2.80. The number of ether oxygens (including phenoxy) is 1. The van der Waals surface area contributed by atoms with Crippen molar-refractivity contribution in [3.8, 4) is 11.8 Å². The summed E-state index contributed by atoms with van der Waals surface area (Å²) in [5, 5.41) is 9.09. The molecule has 3 aromatic rings. The molecule has 0 atom stereocenters. The quantitative estimate of drug-likeness (QED) is 0.735. The minimum absolute atomic E-state index is 0.270. The van der Waals surface area contributed by atoms with Gasteiger partial charge in [-0.15, -0.1) is 0 Å². The Morgan fingerprint density at radius 2 is 1.86 bits per heavy atom. The lowest BCUT2D eigenvalue weighted by Crippen LogP contribution is -2.06. The second kappa shape index (κ2) is 5.90. The summed E-state index contributed by atoms with van der Waals surface area (Å²) in [4.78, 5) is 4.64. The average molecular weight is 291 g/mol. The summed E-state index contributed by atoms with van der Waals surface area (Å²) in [5.74, 6) is 1.57. The van der Waals surface area contributed by atoms with Crippen LogP contribution >= 0.6 is 0 Å². The number of hydrogen-bond donors (Lipinski definition) is 0. The van der Waals surface area contributed by atoms with Crippen molar-refractivity contribution in [1.29, 1.82) is 5.26 Å². The van der Waals surface area contributed by atoms with Gasteiger partial charge in [-0.05, 0) is 49.2 Å². The Balaban J connectivity index is 1.97. The smallest absolute Gasteiger partial charge is 0.148 e. The molecule has 22 heavy (non-hydrogen) atoms. The summed E-state index contributed by atoms with van der Waals surface area (Å²) in [6.07, 6.45) is 0. The van der Waals surface area contributed by atoms with Crippen LogP contribution in [0.15, 0.2) is 42.5 Å². The fraction of sp³-hybridized carbons (Fsp3) is 0.222. The number of aromatic nitrogens is 2. The number of aryl methyl sites for hydroxylation is 2. The van der Waals surface area contributed by atoms with E-state index in [1.807, 2.05) is 34.9 Å². The number of rotatable bonds is 4. The van der Waals surface area contributed by atoms with Gasteiger partial charge in [0, 0.05) is 0 Å². The van der Waals surface area contributed by atoms with E-state index in [0.717, 1.165) is 22.6 Å². The first-order chi connectivity index (χ1) is 10.7. The molecule has 0 saturated carbocycles. The van der Waals surface area contributed by atoms with Crippen LogP contribution in [-0.4, -0.2) is 9.55 Å². The maximum Gasteiger partial charge on any atom is 0.148 e. The highest BCUT2D eigenvalue weighted by molar-refractivity contribution is 5.78. The zero-order chi connectivity index (χ0) is 15.5. The van der Waals surface area contributed by atoms with Crippen molar-refractivity contribution in [2.75, 3.05) is 0 Å². The van der Waals surface area contributed by atoms with E-state index in [9.17, 15) is 0 Å². The number of hydrogen-bond acceptors (Lipinski definition) is 3. The summed E-state index contributed by atoms with van der Waals surface area (Å²) in [5.41, 5.74) is 4.29. The zero-order valence-corrected chi connectivity index (χ0v) is 12.7. The van der Waals surface area contributed by atoms with Gasteiger partial charge in [0.05, 0.1) is 17.1 Å². The molecule has 1 aromatic heterocycles. The minimum atomic E-state index is 0.270. The lowest BCUT2D eigenvalue weighted by atomic mass is 10.1. The van der Waals surface area contributed by atoms with Crippen molar-refractivity contribution < 1.29 is 4.74 Å². The molecule has 4 nitrogen and oxygen atoms in total. The molecule has 0 spiro atoms. The van der Waals surface area contributed by atoms with Gasteiger partial charge < -0.3 is 9.30 Å². The van der Waals surface area contributed by atoms with Crippen molar-refractivity contribution in [3.05, 3.63) is 59.4 Å². The van der Waals surface area contributed by atoms with Crippen molar-refractivity contribution in [1.82, 2.24) is 9.55 Å². The monoisotopic (exact) mass is 291 g/mol. The Labute approximate surface area is 129 Å². The van der Waals surface area contributed by atoms with E-state index in [-0.39, 0.29) is 6.54 Å². The fourth-order valence-electron chi connectivity index (χ4n) is 2.45. The highest BCUT2D eigenvalue weighted by Crippen LogP contribution is 2.22. The van der Waals surface area contributed by atoms with Crippen LogP contribution in [0.3, 0.4) is 0 Å². The van der Waals surface area contributed by atoms with Crippen LogP contribution in [0, 0.1) is 25.2 Å². The molecule has 110 valence electrons. The SMILES string of the molecule is Cc1cc2nc(COc3ccccc3)n(CC#N)c2cc1C. The van der Waals surface area contributed by atoms with Crippen LogP contribution in [0.2, 0.25) is 0 Å². The Morgan fingerprint density at radius 1 is 1.14 bits per heavy atom. The van der Waals surface area contributed by atoms with E-state index in [1.54, 1.807) is 0 Å². The largest absolute Gasteiger partial charge is 0.486 e. The zero-order valence-electron chi connectivity index (χ0n) is 12.7. The second-order valence-electron chi connectivity index (χ2n) is 5.30. The van der Waals surface area contributed by atoms with Gasteiger partial charge in [-0.3, -0.25) is 0 Å². The predicted octanol–water partition coefficient (Wildman–Crippen LogP) is 3.76. The molecule has 0 bridgehead atoms. The highest BCUT2D eigenvalue weighted by Gasteiger charge is 2.12. The van der Waals surface area contributed by atoms with Gasteiger partial charge >= 0.3 is 0 Å². The first kappa shape index (κ1) is 14.2. The van der Waals surface area contributed by atoms with Crippen molar-refractivity contribution in [2.45, 2.75) is 27.0 Å². The molecule has 1 heterocycles. The molecule has 0 fully saturated rings. The van der Waals surface area contributed by atoms with Crippen LogP contribution < -0.4 is 4.74 Å². The lowest BCUT2D eigenvalue weighted by Gasteiger charge is -2.07. The van der Waals surface area contributed by atoms with Crippen molar-refractivity contribution in [3.63, 3.8) is 0 Å². The van der Waals surface area contributed by atoms with Gasteiger partial charge in [0.1, 0.15) is 24.7 Å². The van der Waals surface area contributed by atoms with Gasteiger partial charge in [-0.25, -0.2) is 4.98 Å². The molecule has 0 aliphatic rings. The highest BCUT2D eigenvalue weighted by atomic mass is 16.5. The molecule has 0 N–H and O–H groups in total. The fourth-order valence-corrected chi connectivity index (χ4v) is 2.45. The number of para-hydroxylation sites is 1. The van der Waals surface area contributed by atoms with E-state index in [2.05, 4.69) is 37.0 Å². The first-order valence-corrected chi connectivity index (χ1v) is 7.20. The van der Waals surface area contributed by atoms with Crippen molar-refractivity contribution in [2.24, 2.45) is 0 Å². The van der Waals surface area contributed by atoms with Gasteiger partial charge in [0.15, 0.2) is 0 Å². The number of nitriles is 1. The lowest BCUT2D eigenvalue weighted by molar-refractivity contribution is 0.291. The predicted molar refractivity (Wildman–Crippen MR) is 85.6 cm³/mol. The van der Waals surface area contributed by atoms with E-state index in [0.29, 0.717) is 6.61 Å². The third kappa shape index (κ3) is 2.66. The van der Waals surface area contributed by atoms with Crippen LogP contribution in [0.1, 0.15) is 17.0 Å². The normalized spacial score (nSPS) is 10.6. The van der Waals surface area contributed by atoms with Crippen LogP contribution in [0.5, 0.6) is 5.75 Å². The van der Waals surface area contributed by atoms with E-state index in [1.165, 1.54) is 11.1 Å². The summed E-state index contributed by atoms with van der Waals surface area (Å²) < 4.78 is 7.70. The van der Waals surface area contributed by atoms with Crippen LogP contribution in [-0.2, 0) is 13.2 Å². The number of imidazole rings is 1. The van der Waals surface area contributed by atoms with Gasteiger partial charge in [0.2, 0.25) is 0 Å². The third-order valence-electron chi connectivity index (χ3n) is 3.78. The van der Waals surface area contributed by atoms with Crippen LogP contribution in [0.4, 0.5) is 0 Å². The molecule has 0 unspecified atom stereocenters. The number of benzene rings is 2. The first-order valence-electron chi connectivity index (χ1n) is 7.20. The minimum Gasteiger partial charge on any atom is -0.486 e. The molecular formula is C18H17N3O. The number of nitrogens with zero attached hydrogens (tertiary/aromatic N) is 3. The summed E-state index contributed by atoms with van der Waals surface area (Å²) >= 11 is 0. The molecule has 0 amide bonds. The Morgan fingerprint density at radius 3 is 2.59 bits per heavy atom. The third-order valence-corrected chi connectivity index (χ3v) is 3.78. The maximum absolute atomic E-state index is 9.09. The van der Waals surface area contributed by atoms with E-state index < -0.39 is 0 Å². The molecule has 0 radical (unpaired) electrons. The second-order valence-corrected chi connectivity index (χ2v) is 5.30. The molecule has 3 rings (SSSR count). The topological polar surface area (TPSA) is 50.8 Å². The average Bonchev–Trinajstić information content (AvgIpc) is 2.84. The maximum atomic E-state index is 9.09. The molecule has 0 saturated heterocycles. The van der Waals surface area contributed by atoms with Gasteiger partial charge in [-0.2, -0.15) is 5.26 Å². The van der Waals surface area contributed by atoms with Gasteiger partial charge in [-0.1, -0.05) is 18.2 Å². The number of fused-ring (bicyclic) bond motifs is 1. The molecule has 0 aliphatic heterocycles. The molecule has 4 heteroatoms. The van der Waals surface area contributed by atoms with E-state index in [4.69, 9.17) is 10.00 Å². The summed E-state index contributed by atoms with van der Waals surface area (Å²) in [6, 6.07) is 16.0. The standard InChI is InChI=1S/C18H17N3O/c1-13-10-16-17(11-14(13)2)21(9-8-19)18(20-16)12-22-15-6-4-3-5-7-15/h3-7,10-11H,9,12H2,1-2H3. The Bertz CT molecular complexity index is 844. The van der Waals surface area contributed by atoms with Crippen molar-refractivity contribution >= 4 is 11.0 Å². The molecule has 0 aliphatic carbocycles.